The van der Waals surface area contributed by atoms with E-state index < -0.39 is 0 Å². The molecule has 0 aliphatic rings. The number of aromatic nitrogens is 3. The molecule has 17 aromatic rings. The van der Waals surface area contributed by atoms with Crippen molar-refractivity contribution in [2.45, 2.75) is 0 Å². The number of hydrogen-bond donors (Lipinski definition) is 0. The summed E-state index contributed by atoms with van der Waals surface area (Å²) in [7, 11) is 0. The van der Waals surface area contributed by atoms with Gasteiger partial charge in [-0.05, 0) is 159 Å². The van der Waals surface area contributed by atoms with Crippen molar-refractivity contribution in [2.75, 3.05) is 4.90 Å². The lowest BCUT2D eigenvalue weighted by Gasteiger charge is -2.28. The third-order valence-corrected chi connectivity index (χ3v) is 17.7. The number of fused-ring (bicyclic) bond motifs is 10. The summed E-state index contributed by atoms with van der Waals surface area (Å²) >= 11 is 0. The fourth-order valence-corrected chi connectivity index (χ4v) is 13.6. The van der Waals surface area contributed by atoms with Gasteiger partial charge in [0.25, 0.3) is 0 Å². The molecular formula is C82H54N4. The highest BCUT2D eigenvalue weighted by Crippen LogP contribution is 2.45. The minimum Gasteiger partial charge on any atom is -0.310 e. The first-order chi connectivity index (χ1) is 42.7. The van der Waals surface area contributed by atoms with Crippen LogP contribution in [0.4, 0.5) is 17.1 Å². The van der Waals surface area contributed by atoms with Gasteiger partial charge in [0.2, 0.25) is 0 Å². The predicted octanol–water partition coefficient (Wildman–Crippen LogP) is 22.3. The predicted molar refractivity (Wildman–Crippen MR) is 363 cm³/mol. The van der Waals surface area contributed by atoms with Gasteiger partial charge in [-0.25, -0.2) is 0 Å². The van der Waals surface area contributed by atoms with E-state index in [1.165, 1.54) is 104 Å². The van der Waals surface area contributed by atoms with Crippen LogP contribution >= 0.6 is 0 Å². The van der Waals surface area contributed by atoms with Crippen LogP contribution in [0.2, 0.25) is 0 Å². The van der Waals surface area contributed by atoms with E-state index in [9.17, 15) is 0 Å². The van der Waals surface area contributed by atoms with Crippen LogP contribution in [0.3, 0.4) is 0 Å². The molecule has 4 heteroatoms. The highest BCUT2D eigenvalue weighted by molar-refractivity contribution is 6.14. The molecule has 0 spiro atoms. The largest absolute Gasteiger partial charge is 0.310 e. The number of benzene rings is 14. The fraction of sp³-hybridized carbons (Fsp3) is 0. The molecule has 0 bridgehead atoms. The van der Waals surface area contributed by atoms with E-state index in [2.05, 4.69) is 346 Å². The molecule has 0 N–H and O–H groups in total. The van der Waals surface area contributed by atoms with Crippen molar-refractivity contribution in [1.29, 1.82) is 0 Å². The van der Waals surface area contributed by atoms with Crippen LogP contribution in [-0.4, -0.2) is 13.7 Å². The first kappa shape index (κ1) is 49.2. The average Bonchev–Trinajstić information content (AvgIpc) is 2.05. The number of para-hydroxylation sites is 6. The number of nitrogens with zero attached hydrogens (tertiary/aromatic N) is 4. The average molecular weight is 1100 g/mol. The van der Waals surface area contributed by atoms with E-state index in [1.807, 2.05) is 0 Å². The Hall–Kier alpha value is -11.5. The maximum atomic E-state index is 2.43. The van der Waals surface area contributed by atoms with E-state index in [1.54, 1.807) is 0 Å². The van der Waals surface area contributed by atoms with Crippen LogP contribution in [0.15, 0.2) is 328 Å². The van der Waals surface area contributed by atoms with E-state index in [-0.39, 0.29) is 0 Å². The third-order valence-electron chi connectivity index (χ3n) is 17.7. The SMILES string of the molecule is c1ccc(-n2c3ccccc3c3cc(-c4ccc(N(c5ccc(-c6ccc(-c7ccc8c9ccccc9n(-c9ccccc9)c8c7)cc6)cc5)c5ccc(-c6ccc7c8ccccc8n(-c8ccccc8)c7c6)c6ccccc56)cc4)ccc32)cc1. The molecule has 4 nitrogen and oxygen atoms in total. The van der Waals surface area contributed by atoms with E-state index in [0.29, 0.717) is 0 Å². The molecule has 0 fully saturated rings. The van der Waals surface area contributed by atoms with Crippen LogP contribution in [0.25, 0.3) is 138 Å². The van der Waals surface area contributed by atoms with Crippen molar-refractivity contribution in [1.82, 2.24) is 13.7 Å². The van der Waals surface area contributed by atoms with Gasteiger partial charge in [0.15, 0.2) is 0 Å². The summed E-state index contributed by atoms with van der Waals surface area (Å²) in [6.07, 6.45) is 0. The van der Waals surface area contributed by atoms with Gasteiger partial charge in [-0.15, -0.1) is 0 Å². The van der Waals surface area contributed by atoms with Crippen LogP contribution in [0, 0.1) is 0 Å². The minimum absolute atomic E-state index is 1.07. The molecule has 0 unspecified atom stereocenters. The van der Waals surface area contributed by atoms with Gasteiger partial charge in [0.1, 0.15) is 0 Å². The van der Waals surface area contributed by atoms with Gasteiger partial charge in [0.05, 0.1) is 38.8 Å². The highest BCUT2D eigenvalue weighted by atomic mass is 15.1. The maximum Gasteiger partial charge on any atom is 0.0547 e. The van der Waals surface area contributed by atoms with Crippen molar-refractivity contribution in [3.63, 3.8) is 0 Å². The molecule has 3 heterocycles. The van der Waals surface area contributed by atoms with Crippen molar-refractivity contribution >= 4 is 93.3 Å². The molecule has 0 saturated carbocycles. The Morgan fingerprint density at radius 2 is 0.512 bits per heavy atom. The highest BCUT2D eigenvalue weighted by Gasteiger charge is 2.21. The first-order valence-corrected chi connectivity index (χ1v) is 29.6. The molecule has 0 radical (unpaired) electrons. The summed E-state index contributed by atoms with van der Waals surface area (Å²) in [4.78, 5) is 2.43. The quantitative estimate of drug-likeness (QED) is 0.133. The molecule has 0 aliphatic carbocycles. The Kier molecular flexibility index (Phi) is 11.5. The van der Waals surface area contributed by atoms with E-state index >= 15 is 0 Å². The lowest BCUT2D eigenvalue weighted by atomic mass is 9.95. The normalized spacial score (nSPS) is 11.7. The lowest BCUT2D eigenvalue weighted by molar-refractivity contribution is 1.18. The summed E-state index contributed by atoms with van der Waals surface area (Å²) in [5, 5.41) is 9.83. The van der Waals surface area contributed by atoms with Crippen LogP contribution < -0.4 is 4.90 Å². The van der Waals surface area contributed by atoms with Crippen molar-refractivity contribution < 1.29 is 0 Å². The molecule has 17 rings (SSSR count). The molecular weight excluding hydrogens is 1040 g/mol. The monoisotopic (exact) mass is 1090 g/mol. The molecule has 14 aromatic carbocycles. The Balaban J connectivity index is 0.761. The Morgan fingerprint density at radius 3 is 1.01 bits per heavy atom. The van der Waals surface area contributed by atoms with Gasteiger partial charge in [-0.3, -0.25) is 0 Å². The van der Waals surface area contributed by atoms with E-state index in [0.717, 1.165) is 50.8 Å². The second-order valence-electron chi connectivity index (χ2n) is 22.4. The van der Waals surface area contributed by atoms with Crippen LogP contribution in [0.1, 0.15) is 0 Å². The smallest absolute Gasteiger partial charge is 0.0547 e. The third kappa shape index (κ3) is 8.07. The summed E-state index contributed by atoms with van der Waals surface area (Å²) in [6.45, 7) is 0. The fourth-order valence-electron chi connectivity index (χ4n) is 13.6. The number of hydrogen-bond acceptors (Lipinski definition) is 1. The minimum atomic E-state index is 1.07. The zero-order chi connectivity index (χ0) is 56.7. The van der Waals surface area contributed by atoms with Crippen molar-refractivity contribution in [3.8, 4) is 61.6 Å². The Bertz CT molecular complexity index is 5420. The second kappa shape index (κ2) is 20.2. The molecule has 402 valence electrons. The Labute approximate surface area is 498 Å². The number of rotatable bonds is 10. The molecule has 0 amide bonds. The van der Waals surface area contributed by atoms with E-state index in [4.69, 9.17) is 0 Å². The van der Waals surface area contributed by atoms with Crippen LogP contribution in [0.5, 0.6) is 0 Å². The Morgan fingerprint density at radius 1 is 0.186 bits per heavy atom. The van der Waals surface area contributed by atoms with Gasteiger partial charge in [0, 0.05) is 66.1 Å². The summed E-state index contributed by atoms with van der Waals surface area (Å²) in [5.74, 6) is 0. The summed E-state index contributed by atoms with van der Waals surface area (Å²) in [6, 6.07) is 120. The molecule has 0 saturated heterocycles. The van der Waals surface area contributed by atoms with Gasteiger partial charge in [-0.2, -0.15) is 0 Å². The first-order valence-electron chi connectivity index (χ1n) is 29.6. The maximum absolute atomic E-state index is 2.43. The zero-order valence-electron chi connectivity index (χ0n) is 47.0. The van der Waals surface area contributed by atoms with Crippen molar-refractivity contribution in [3.05, 3.63) is 328 Å². The standard InChI is InChI=1S/C82H54N4/c1-4-18-62(19-5-1)84-78-31-17-14-28-72(78)75-52-59(42-50-80(75)84)58-38-45-66(46-39-58)83(79-51-49-67(68-24-10-11-25-69(68)79)61-41-48-74-71-27-13-16-30-77(71)86(82(74)54-61)64-22-8-3-9-23-64)65-43-36-56(37-44-65)55-32-34-57(35-33-55)60-40-47-73-70-26-12-15-29-76(70)85(81(73)53-60)63-20-6-2-7-21-63/h1-54H. The summed E-state index contributed by atoms with van der Waals surface area (Å²) in [5.41, 5.74) is 23.3. The topological polar surface area (TPSA) is 18.0 Å². The molecule has 0 aliphatic heterocycles. The molecule has 0 atom stereocenters. The molecule has 3 aromatic heterocycles. The van der Waals surface area contributed by atoms with Gasteiger partial charge < -0.3 is 18.6 Å². The lowest BCUT2D eigenvalue weighted by Crippen LogP contribution is -2.10. The van der Waals surface area contributed by atoms with Gasteiger partial charge in [-0.1, -0.05) is 218 Å². The second-order valence-corrected chi connectivity index (χ2v) is 22.4. The molecule has 86 heavy (non-hydrogen) atoms. The van der Waals surface area contributed by atoms with Crippen LogP contribution in [-0.2, 0) is 0 Å². The van der Waals surface area contributed by atoms with Crippen molar-refractivity contribution in [2.24, 2.45) is 0 Å². The summed E-state index contributed by atoms with van der Waals surface area (Å²) < 4.78 is 7.17. The van der Waals surface area contributed by atoms with Gasteiger partial charge >= 0.3 is 0 Å². The zero-order valence-corrected chi connectivity index (χ0v) is 47.0. The number of anilines is 3.